The van der Waals surface area contributed by atoms with Crippen LogP contribution < -0.4 is 9.64 Å². The number of fused-ring (bicyclic) bond motifs is 1. The molecule has 3 rings (SSSR count). The maximum atomic E-state index is 11.4. The van der Waals surface area contributed by atoms with Gasteiger partial charge in [0.1, 0.15) is 17.6 Å². The summed E-state index contributed by atoms with van der Waals surface area (Å²) in [6.07, 6.45) is 0.0713. The van der Waals surface area contributed by atoms with Gasteiger partial charge in [-0.25, -0.2) is 0 Å². The third-order valence-electron chi connectivity index (χ3n) is 3.94. The summed E-state index contributed by atoms with van der Waals surface area (Å²) in [6.45, 7) is 2.66. The molecule has 1 aliphatic rings. The van der Waals surface area contributed by atoms with Crippen molar-refractivity contribution in [1.29, 1.82) is 0 Å². The van der Waals surface area contributed by atoms with Crippen molar-refractivity contribution in [3.63, 3.8) is 0 Å². The van der Waals surface area contributed by atoms with Gasteiger partial charge in [-0.3, -0.25) is 14.9 Å². The monoisotopic (exact) mass is 326 g/mol. The van der Waals surface area contributed by atoms with Crippen LogP contribution in [0.15, 0.2) is 48.5 Å². The summed E-state index contributed by atoms with van der Waals surface area (Å²) in [7, 11) is 0. The zero-order valence-electron chi connectivity index (χ0n) is 13.3. The number of nitrogens with zero attached hydrogens (tertiary/aromatic N) is 2. The molecule has 1 aliphatic heterocycles. The first kappa shape index (κ1) is 16.0. The number of benzene rings is 2. The first-order valence-electron chi connectivity index (χ1n) is 7.76. The van der Waals surface area contributed by atoms with Gasteiger partial charge < -0.3 is 9.64 Å². The highest BCUT2D eigenvalue weighted by Gasteiger charge is 2.28. The molecule has 1 atom stereocenters. The van der Waals surface area contributed by atoms with E-state index < -0.39 is 4.92 Å². The van der Waals surface area contributed by atoms with E-state index in [2.05, 4.69) is 0 Å². The van der Waals surface area contributed by atoms with Crippen LogP contribution in [0.5, 0.6) is 5.75 Å². The van der Waals surface area contributed by atoms with Gasteiger partial charge in [0.25, 0.3) is 5.69 Å². The fourth-order valence-corrected chi connectivity index (χ4v) is 2.91. The third kappa shape index (κ3) is 3.53. The molecule has 0 aliphatic carbocycles. The molecule has 1 unspecified atom stereocenters. The zero-order valence-corrected chi connectivity index (χ0v) is 13.3. The average Bonchev–Trinajstić information content (AvgIpc) is 2.54. The first-order valence-corrected chi connectivity index (χ1v) is 7.76. The van der Waals surface area contributed by atoms with E-state index in [1.54, 1.807) is 6.07 Å². The van der Waals surface area contributed by atoms with Gasteiger partial charge >= 0.3 is 0 Å². The van der Waals surface area contributed by atoms with Crippen molar-refractivity contribution in [2.45, 2.75) is 26.0 Å². The SMILES string of the molecule is CC(=O)CC1CN(Cc2ccccc2)c2cc([N+](=O)[O-])ccc2O1. The number of rotatable bonds is 5. The Morgan fingerprint density at radius 1 is 1.29 bits per heavy atom. The van der Waals surface area contributed by atoms with Crippen LogP contribution in [0.3, 0.4) is 0 Å². The standard InChI is InChI=1S/C18H18N2O4/c1-13(21)9-16-12-19(11-14-5-3-2-4-6-14)17-10-15(20(22)23)7-8-18(17)24-16/h2-8,10,16H,9,11-12H2,1H3. The summed E-state index contributed by atoms with van der Waals surface area (Å²) < 4.78 is 5.86. The molecular formula is C18H18N2O4. The van der Waals surface area contributed by atoms with Gasteiger partial charge in [-0.2, -0.15) is 0 Å². The molecule has 6 heteroatoms. The van der Waals surface area contributed by atoms with Gasteiger partial charge in [-0.1, -0.05) is 30.3 Å². The molecule has 2 aromatic carbocycles. The van der Waals surface area contributed by atoms with Crippen molar-refractivity contribution in [3.05, 3.63) is 64.2 Å². The number of carbonyl (C=O) groups is 1. The maximum absolute atomic E-state index is 11.4. The fourth-order valence-electron chi connectivity index (χ4n) is 2.91. The minimum atomic E-state index is -0.414. The molecular weight excluding hydrogens is 308 g/mol. The van der Waals surface area contributed by atoms with Crippen molar-refractivity contribution in [2.75, 3.05) is 11.4 Å². The van der Waals surface area contributed by atoms with Crippen LogP contribution in [0.4, 0.5) is 11.4 Å². The number of nitro groups is 1. The molecule has 0 amide bonds. The van der Waals surface area contributed by atoms with Gasteiger partial charge in [0.2, 0.25) is 0 Å². The van der Waals surface area contributed by atoms with E-state index in [0.29, 0.717) is 30.9 Å². The largest absolute Gasteiger partial charge is 0.486 e. The van der Waals surface area contributed by atoms with Crippen molar-refractivity contribution in [2.24, 2.45) is 0 Å². The van der Waals surface area contributed by atoms with Gasteiger partial charge in [0.15, 0.2) is 0 Å². The Bertz CT molecular complexity index is 761. The summed E-state index contributed by atoms with van der Waals surface area (Å²) >= 11 is 0. The number of Topliss-reactive ketones (excluding diaryl/α,β-unsaturated/α-hetero) is 1. The van der Waals surface area contributed by atoms with Crippen LogP contribution in [0, 0.1) is 10.1 Å². The summed E-state index contributed by atoms with van der Waals surface area (Å²) in [4.78, 5) is 24.1. The number of ether oxygens (including phenoxy) is 1. The Balaban J connectivity index is 1.94. The quantitative estimate of drug-likeness (QED) is 0.622. The minimum absolute atomic E-state index is 0.0282. The highest BCUT2D eigenvalue weighted by molar-refractivity contribution is 5.76. The second kappa shape index (κ2) is 6.70. The Morgan fingerprint density at radius 2 is 2.04 bits per heavy atom. The lowest BCUT2D eigenvalue weighted by atomic mass is 10.1. The predicted octanol–water partition coefficient (Wildman–Crippen LogP) is 3.34. The van der Waals surface area contributed by atoms with Gasteiger partial charge in [0.05, 0.1) is 17.2 Å². The lowest BCUT2D eigenvalue weighted by molar-refractivity contribution is -0.384. The Hall–Kier alpha value is -2.89. The molecule has 0 saturated heterocycles. The van der Waals surface area contributed by atoms with Crippen molar-refractivity contribution in [3.8, 4) is 5.75 Å². The first-order chi connectivity index (χ1) is 11.5. The van der Waals surface area contributed by atoms with E-state index in [1.165, 1.54) is 19.1 Å². The molecule has 0 saturated carbocycles. The molecule has 124 valence electrons. The Kier molecular flexibility index (Phi) is 4.46. The van der Waals surface area contributed by atoms with E-state index in [0.717, 1.165) is 5.56 Å². The molecule has 1 heterocycles. The van der Waals surface area contributed by atoms with Gasteiger partial charge in [-0.05, 0) is 18.6 Å². The summed E-state index contributed by atoms with van der Waals surface area (Å²) in [5.74, 6) is 0.638. The van der Waals surface area contributed by atoms with E-state index in [-0.39, 0.29) is 17.6 Å². The third-order valence-corrected chi connectivity index (χ3v) is 3.94. The average molecular weight is 326 g/mol. The van der Waals surface area contributed by atoms with Crippen LogP contribution in [0.25, 0.3) is 0 Å². The molecule has 0 bridgehead atoms. The number of hydrogen-bond donors (Lipinski definition) is 0. The molecule has 0 spiro atoms. The van der Waals surface area contributed by atoms with Crippen LogP contribution in [0.1, 0.15) is 18.9 Å². The maximum Gasteiger partial charge on any atom is 0.271 e. The lowest BCUT2D eigenvalue weighted by Gasteiger charge is -2.36. The molecule has 6 nitrogen and oxygen atoms in total. The Labute approximate surface area is 139 Å². The van der Waals surface area contributed by atoms with E-state index in [1.807, 2.05) is 35.2 Å². The predicted molar refractivity (Wildman–Crippen MR) is 90.3 cm³/mol. The second-order valence-corrected chi connectivity index (χ2v) is 5.92. The second-order valence-electron chi connectivity index (χ2n) is 5.92. The summed E-state index contributed by atoms with van der Waals surface area (Å²) in [5, 5.41) is 11.1. The Morgan fingerprint density at radius 3 is 2.71 bits per heavy atom. The van der Waals surface area contributed by atoms with E-state index in [9.17, 15) is 14.9 Å². The molecule has 0 N–H and O–H groups in total. The molecule has 24 heavy (non-hydrogen) atoms. The molecule has 0 aromatic heterocycles. The number of non-ortho nitro benzene ring substituents is 1. The molecule has 0 radical (unpaired) electrons. The van der Waals surface area contributed by atoms with Crippen LogP contribution in [-0.2, 0) is 11.3 Å². The summed E-state index contributed by atoms with van der Waals surface area (Å²) in [6, 6.07) is 14.4. The van der Waals surface area contributed by atoms with Crippen molar-refractivity contribution < 1.29 is 14.5 Å². The normalized spacial score (nSPS) is 16.2. The van der Waals surface area contributed by atoms with E-state index >= 15 is 0 Å². The number of ketones is 1. The fraction of sp³-hybridized carbons (Fsp3) is 0.278. The molecule has 0 fully saturated rings. The lowest BCUT2D eigenvalue weighted by Crippen LogP contribution is -2.40. The smallest absolute Gasteiger partial charge is 0.271 e. The number of anilines is 1. The van der Waals surface area contributed by atoms with Crippen LogP contribution >= 0.6 is 0 Å². The molecule has 2 aromatic rings. The van der Waals surface area contributed by atoms with Crippen LogP contribution in [0.2, 0.25) is 0 Å². The number of carbonyl (C=O) groups excluding carboxylic acids is 1. The highest BCUT2D eigenvalue weighted by atomic mass is 16.6. The van der Waals surface area contributed by atoms with Crippen molar-refractivity contribution in [1.82, 2.24) is 0 Å². The number of nitro benzene ring substituents is 1. The number of hydrogen-bond acceptors (Lipinski definition) is 5. The van der Waals surface area contributed by atoms with E-state index in [4.69, 9.17) is 4.74 Å². The van der Waals surface area contributed by atoms with Gasteiger partial charge in [0, 0.05) is 25.1 Å². The van der Waals surface area contributed by atoms with Gasteiger partial charge in [-0.15, -0.1) is 0 Å². The highest BCUT2D eigenvalue weighted by Crippen LogP contribution is 2.37. The topological polar surface area (TPSA) is 72.7 Å². The van der Waals surface area contributed by atoms with Crippen molar-refractivity contribution >= 4 is 17.2 Å². The van der Waals surface area contributed by atoms with Crippen LogP contribution in [-0.4, -0.2) is 23.4 Å². The minimum Gasteiger partial charge on any atom is -0.486 e. The zero-order chi connectivity index (χ0) is 17.1. The summed E-state index contributed by atoms with van der Waals surface area (Å²) in [5.41, 5.74) is 1.81.